The summed E-state index contributed by atoms with van der Waals surface area (Å²) in [6, 6.07) is 0. The van der Waals surface area contributed by atoms with E-state index < -0.39 is 0 Å². The smallest absolute Gasteiger partial charge is 0.232 e. The molecule has 2 heterocycles. The van der Waals surface area contributed by atoms with E-state index in [2.05, 4.69) is 51.3 Å². The Labute approximate surface area is 114 Å². The van der Waals surface area contributed by atoms with Gasteiger partial charge in [0.1, 0.15) is 0 Å². The summed E-state index contributed by atoms with van der Waals surface area (Å²) in [5.74, 6) is 1.47. The molecule has 1 saturated heterocycles. The highest BCUT2D eigenvalue weighted by atomic mass is 15.3. The van der Waals surface area contributed by atoms with Crippen molar-refractivity contribution in [3.05, 3.63) is 0 Å². The van der Waals surface area contributed by atoms with Crippen LogP contribution in [0.25, 0.3) is 0 Å². The Morgan fingerprint density at radius 1 is 1.21 bits per heavy atom. The molecule has 0 aromatic carbocycles. The van der Waals surface area contributed by atoms with Crippen molar-refractivity contribution in [3.63, 3.8) is 0 Å². The summed E-state index contributed by atoms with van der Waals surface area (Å²) in [6.45, 7) is 10.9. The van der Waals surface area contributed by atoms with Gasteiger partial charge in [0.15, 0.2) is 0 Å². The number of aromatic nitrogens is 3. The number of hydrogen-bond acceptors (Lipinski definition) is 7. The zero-order chi connectivity index (χ0) is 13.9. The third kappa shape index (κ3) is 4.20. The van der Waals surface area contributed by atoms with Crippen LogP contribution in [-0.4, -0.2) is 47.7 Å². The molecule has 106 valence electrons. The molecule has 4 N–H and O–H groups in total. The first-order valence-corrected chi connectivity index (χ1v) is 6.65. The summed E-state index contributed by atoms with van der Waals surface area (Å²) >= 11 is 0. The number of nitrogen functional groups attached to an aromatic ring is 1. The Morgan fingerprint density at radius 2 is 1.89 bits per heavy atom. The van der Waals surface area contributed by atoms with Gasteiger partial charge in [-0.2, -0.15) is 15.0 Å². The molecule has 0 saturated carbocycles. The van der Waals surface area contributed by atoms with Crippen LogP contribution in [-0.2, 0) is 0 Å². The maximum absolute atomic E-state index is 5.76. The quantitative estimate of drug-likeness (QED) is 0.725. The summed E-state index contributed by atoms with van der Waals surface area (Å²) in [5.41, 5.74) is 5.92. The summed E-state index contributed by atoms with van der Waals surface area (Å²) in [4.78, 5) is 14.9. The van der Waals surface area contributed by atoms with Gasteiger partial charge >= 0.3 is 0 Å². The molecule has 1 aliphatic heterocycles. The standard InChI is InChI=1S/C12H23N7/c1-12(2,3)8-15-10-16-9(13)17-11(18-10)19-6-4-14-5-7-19/h14H,4-8H2,1-3H3,(H3,13,15,16,17,18). The number of rotatable bonds is 3. The second-order valence-corrected chi connectivity index (χ2v) is 5.97. The summed E-state index contributed by atoms with van der Waals surface area (Å²) in [7, 11) is 0. The molecule has 1 fully saturated rings. The SMILES string of the molecule is CC(C)(C)CNc1nc(N)nc(N2CCNCC2)n1. The largest absolute Gasteiger partial charge is 0.368 e. The van der Waals surface area contributed by atoms with Gasteiger partial charge in [-0.05, 0) is 5.41 Å². The second-order valence-electron chi connectivity index (χ2n) is 5.97. The molecule has 0 bridgehead atoms. The van der Waals surface area contributed by atoms with Crippen LogP contribution in [0.1, 0.15) is 20.8 Å². The average Bonchev–Trinajstić information content (AvgIpc) is 2.36. The third-order valence-corrected chi connectivity index (χ3v) is 2.82. The summed E-state index contributed by atoms with van der Waals surface area (Å²) in [6.07, 6.45) is 0. The predicted molar refractivity (Wildman–Crippen MR) is 77.3 cm³/mol. The van der Waals surface area contributed by atoms with Gasteiger partial charge in [0.2, 0.25) is 17.8 Å². The van der Waals surface area contributed by atoms with Gasteiger partial charge in [0, 0.05) is 32.7 Å². The number of nitrogens with two attached hydrogens (primary N) is 1. The van der Waals surface area contributed by atoms with Crippen molar-refractivity contribution in [1.82, 2.24) is 20.3 Å². The summed E-state index contributed by atoms with van der Waals surface area (Å²) in [5, 5.41) is 6.52. The molecule has 0 radical (unpaired) electrons. The van der Waals surface area contributed by atoms with Crippen molar-refractivity contribution in [2.45, 2.75) is 20.8 Å². The zero-order valence-corrected chi connectivity index (χ0v) is 11.9. The molecule has 19 heavy (non-hydrogen) atoms. The molecule has 0 aliphatic carbocycles. The van der Waals surface area contributed by atoms with Crippen molar-refractivity contribution in [2.24, 2.45) is 5.41 Å². The highest BCUT2D eigenvalue weighted by Gasteiger charge is 2.16. The summed E-state index contributed by atoms with van der Waals surface area (Å²) < 4.78 is 0. The van der Waals surface area contributed by atoms with Crippen molar-refractivity contribution >= 4 is 17.8 Å². The van der Waals surface area contributed by atoms with Crippen LogP contribution >= 0.6 is 0 Å². The molecular weight excluding hydrogens is 242 g/mol. The molecule has 0 spiro atoms. The van der Waals surface area contributed by atoms with E-state index in [4.69, 9.17) is 5.73 Å². The molecule has 2 rings (SSSR count). The number of piperazine rings is 1. The van der Waals surface area contributed by atoms with E-state index in [0.29, 0.717) is 11.9 Å². The zero-order valence-electron chi connectivity index (χ0n) is 11.9. The van der Waals surface area contributed by atoms with Crippen molar-refractivity contribution in [3.8, 4) is 0 Å². The Bertz CT molecular complexity index is 421. The van der Waals surface area contributed by atoms with Crippen molar-refractivity contribution < 1.29 is 0 Å². The van der Waals surface area contributed by atoms with E-state index in [9.17, 15) is 0 Å². The lowest BCUT2D eigenvalue weighted by Gasteiger charge is -2.27. The molecule has 0 amide bonds. The topological polar surface area (TPSA) is 92.0 Å². The molecule has 1 aromatic heterocycles. The monoisotopic (exact) mass is 265 g/mol. The molecule has 7 nitrogen and oxygen atoms in total. The third-order valence-electron chi connectivity index (χ3n) is 2.82. The minimum Gasteiger partial charge on any atom is -0.368 e. The van der Waals surface area contributed by atoms with Crippen LogP contribution in [0.4, 0.5) is 17.8 Å². The van der Waals surface area contributed by atoms with E-state index in [1.807, 2.05) is 0 Å². The Hall–Kier alpha value is -1.63. The lowest BCUT2D eigenvalue weighted by Crippen LogP contribution is -2.44. The fourth-order valence-corrected chi connectivity index (χ4v) is 1.81. The van der Waals surface area contributed by atoms with Gasteiger partial charge in [0.05, 0.1) is 0 Å². The molecule has 1 aromatic rings. The van der Waals surface area contributed by atoms with E-state index in [-0.39, 0.29) is 11.4 Å². The van der Waals surface area contributed by atoms with Gasteiger partial charge in [-0.3, -0.25) is 0 Å². The van der Waals surface area contributed by atoms with Gasteiger partial charge in [0.25, 0.3) is 0 Å². The average molecular weight is 265 g/mol. The van der Waals surface area contributed by atoms with E-state index in [1.165, 1.54) is 0 Å². The number of nitrogens with zero attached hydrogens (tertiary/aromatic N) is 4. The first-order valence-electron chi connectivity index (χ1n) is 6.65. The highest BCUT2D eigenvalue weighted by Crippen LogP contribution is 2.16. The Kier molecular flexibility index (Phi) is 4.04. The van der Waals surface area contributed by atoms with Gasteiger partial charge in [-0.25, -0.2) is 0 Å². The fourth-order valence-electron chi connectivity index (χ4n) is 1.81. The van der Waals surface area contributed by atoms with E-state index >= 15 is 0 Å². The Balaban J connectivity index is 2.10. The molecular formula is C12H23N7. The van der Waals surface area contributed by atoms with Gasteiger partial charge in [-0.15, -0.1) is 0 Å². The molecule has 0 unspecified atom stereocenters. The fraction of sp³-hybridized carbons (Fsp3) is 0.750. The van der Waals surface area contributed by atoms with Crippen LogP contribution < -0.4 is 21.3 Å². The molecule has 1 aliphatic rings. The molecule has 0 atom stereocenters. The van der Waals surface area contributed by atoms with E-state index in [1.54, 1.807) is 0 Å². The normalized spacial score (nSPS) is 16.5. The minimum absolute atomic E-state index is 0.163. The number of anilines is 3. The minimum atomic E-state index is 0.163. The van der Waals surface area contributed by atoms with Crippen LogP contribution in [0.3, 0.4) is 0 Å². The van der Waals surface area contributed by atoms with Crippen LogP contribution in [0.5, 0.6) is 0 Å². The number of hydrogen-bond donors (Lipinski definition) is 3. The lowest BCUT2D eigenvalue weighted by atomic mass is 9.97. The molecule has 7 heteroatoms. The van der Waals surface area contributed by atoms with Crippen LogP contribution in [0.15, 0.2) is 0 Å². The first kappa shape index (κ1) is 13.8. The second kappa shape index (κ2) is 5.56. The van der Waals surface area contributed by atoms with Crippen molar-refractivity contribution in [2.75, 3.05) is 48.7 Å². The van der Waals surface area contributed by atoms with E-state index in [0.717, 1.165) is 32.7 Å². The lowest BCUT2D eigenvalue weighted by molar-refractivity contribution is 0.441. The van der Waals surface area contributed by atoms with Gasteiger partial charge < -0.3 is 21.3 Å². The maximum Gasteiger partial charge on any atom is 0.232 e. The number of nitrogens with one attached hydrogen (secondary N) is 2. The van der Waals surface area contributed by atoms with Crippen LogP contribution in [0, 0.1) is 5.41 Å². The first-order chi connectivity index (χ1) is 8.94. The van der Waals surface area contributed by atoms with Crippen molar-refractivity contribution in [1.29, 1.82) is 0 Å². The van der Waals surface area contributed by atoms with Crippen LogP contribution in [0.2, 0.25) is 0 Å². The Morgan fingerprint density at radius 3 is 2.53 bits per heavy atom. The maximum atomic E-state index is 5.76. The highest BCUT2D eigenvalue weighted by molar-refractivity contribution is 5.42. The van der Waals surface area contributed by atoms with Gasteiger partial charge in [-0.1, -0.05) is 20.8 Å². The predicted octanol–water partition coefficient (Wildman–Crippen LogP) is 0.321.